The molecule has 0 unspecified atom stereocenters. The quantitative estimate of drug-likeness (QED) is 0.349. The van der Waals surface area contributed by atoms with Crippen LogP contribution in [0.25, 0.3) is 21.8 Å². The highest BCUT2D eigenvalue weighted by molar-refractivity contribution is 5.90. The standard InChI is InChI=1S/C25H25N3O4/c1-2-4-21-23(8-6-20-18(14-26)15-27-25(20)21)31-12-3-10-28-11-9-17-13-19(5-7-22(17)28)32-16-24(29)30/h5-9,11,13,15,27H,2-4,10,12,16H2,1H3,(H,29,30). The molecule has 32 heavy (non-hydrogen) atoms. The Morgan fingerprint density at radius 1 is 1.22 bits per heavy atom. The zero-order valence-corrected chi connectivity index (χ0v) is 17.9. The van der Waals surface area contributed by atoms with Gasteiger partial charge in [-0.15, -0.1) is 0 Å². The first kappa shape index (κ1) is 21.3. The highest BCUT2D eigenvalue weighted by Crippen LogP contribution is 2.30. The van der Waals surface area contributed by atoms with Crippen molar-refractivity contribution in [1.29, 1.82) is 5.26 Å². The summed E-state index contributed by atoms with van der Waals surface area (Å²) in [4.78, 5) is 13.9. The normalized spacial score (nSPS) is 11.0. The molecule has 4 rings (SSSR count). The van der Waals surface area contributed by atoms with Crippen LogP contribution in [0.15, 0.2) is 48.8 Å². The van der Waals surface area contributed by atoms with Gasteiger partial charge in [0.2, 0.25) is 0 Å². The van der Waals surface area contributed by atoms with E-state index in [0.29, 0.717) is 17.9 Å². The number of rotatable bonds is 10. The van der Waals surface area contributed by atoms with Crippen LogP contribution in [0.1, 0.15) is 30.9 Å². The van der Waals surface area contributed by atoms with Crippen molar-refractivity contribution < 1.29 is 19.4 Å². The third kappa shape index (κ3) is 4.40. The van der Waals surface area contributed by atoms with Gasteiger partial charge in [-0.1, -0.05) is 13.3 Å². The second-order valence-corrected chi connectivity index (χ2v) is 7.64. The Hall–Kier alpha value is -3.92. The Bertz CT molecular complexity index is 1300. The van der Waals surface area contributed by atoms with E-state index in [9.17, 15) is 10.1 Å². The number of fused-ring (bicyclic) bond motifs is 2. The molecule has 2 N–H and O–H groups in total. The van der Waals surface area contributed by atoms with E-state index in [2.05, 4.69) is 22.5 Å². The van der Waals surface area contributed by atoms with Gasteiger partial charge in [0.15, 0.2) is 6.61 Å². The molecule has 2 aromatic heterocycles. The predicted molar refractivity (Wildman–Crippen MR) is 122 cm³/mol. The number of nitrogens with zero attached hydrogens (tertiary/aromatic N) is 2. The molecule has 2 heterocycles. The van der Waals surface area contributed by atoms with Crippen LogP contribution in [0.2, 0.25) is 0 Å². The zero-order valence-electron chi connectivity index (χ0n) is 17.9. The molecule has 0 saturated heterocycles. The van der Waals surface area contributed by atoms with Crippen LogP contribution in [0.4, 0.5) is 0 Å². The van der Waals surface area contributed by atoms with Crippen molar-refractivity contribution in [3.8, 4) is 17.6 Å². The first-order chi connectivity index (χ1) is 15.6. The third-order valence-electron chi connectivity index (χ3n) is 5.45. The monoisotopic (exact) mass is 431 g/mol. The van der Waals surface area contributed by atoms with Crippen LogP contribution in [-0.4, -0.2) is 33.8 Å². The molecule has 7 heteroatoms. The fraction of sp³-hybridized carbons (Fsp3) is 0.280. The van der Waals surface area contributed by atoms with Gasteiger partial charge in [0, 0.05) is 40.8 Å². The first-order valence-corrected chi connectivity index (χ1v) is 10.7. The molecule has 164 valence electrons. The Balaban J connectivity index is 1.40. The van der Waals surface area contributed by atoms with Gasteiger partial charge in [-0.05, 0) is 49.2 Å². The molecular formula is C25H25N3O4. The molecule has 0 aliphatic carbocycles. The summed E-state index contributed by atoms with van der Waals surface area (Å²) in [6, 6.07) is 13.7. The average Bonchev–Trinajstić information content (AvgIpc) is 3.40. The van der Waals surface area contributed by atoms with E-state index < -0.39 is 5.97 Å². The number of hydrogen-bond donors (Lipinski definition) is 2. The van der Waals surface area contributed by atoms with Gasteiger partial charge in [0.25, 0.3) is 0 Å². The SMILES string of the molecule is CCCc1c(OCCCn2ccc3cc(OCC(=O)O)ccc32)ccc2c(C#N)c[nH]c12. The largest absolute Gasteiger partial charge is 0.493 e. The molecule has 0 saturated carbocycles. The van der Waals surface area contributed by atoms with E-state index in [1.807, 2.05) is 36.5 Å². The number of aliphatic carboxylic acids is 1. The molecule has 0 radical (unpaired) electrons. The second-order valence-electron chi connectivity index (χ2n) is 7.64. The van der Waals surface area contributed by atoms with Crippen molar-refractivity contribution in [3.05, 3.63) is 59.9 Å². The summed E-state index contributed by atoms with van der Waals surface area (Å²) in [5.41, 5.74) is 3.82. The van der Waals surface area contributed by atoms with Crippen LogP contribution in [0.5, 0.6) is 11.5 Å². The minimum absolute atomic E-state index is 0.352. The van der Waals surface area contributed by atoms with Crippen molar-refractivity contribution in [3.63, 3.8) is 0 Å². The van der Waals surface area contributed by atoms with Crippen LogP contribution in [0.3, 0.4) is 0 Å². The summed E-state index contributed by atoms with van der Waals surface area (Å²) in [5, 5.41) is 20.0. The van der Waals surface area contributed by atoms with Gasteiger partial charge in [0.1, 0.15) is 17.6 Å². The van der Waals surface area contributed by atoms with Crippen LogP contribution in [0, 0.1) is 11.3 Å². The number of carboxylic acid groups (broad SMARTS) is 1. The van der Waals surface area contributed by atoms with E-state index >= 15 is 0 Å². The molecule has 0 amide bonds. The number of carbonyl (C=O) groups is 1. The van der Waals surface area contributed by atoms with E-state index in [0.717, 1.165) is 58.9 Å². The fourth-order valence-corrected chi connectivity index (χ4v) is 3.99. The number of ether oxygens (including phenoxy) is 2. The Labute approximate surface area is 185 Å². The molecule has 0 fully saturated rings. The molecule has 4 aromatic rings. The lowest BCUT2D eigenvalue weighted by Gasteiger charge is -2.13. The lowest BCUT2D eigenvalue weighted by atomic mass is 10.0. The zero-order chi connectivity index (χ0) is 22.5. The van der Waals surface area contributed by atoms with E-state index in [1.54, 1.807) is 12.3 Å². The maximum atomic E-state index is 10.7. The fourth-order valence-electron chi connectivity index (χ4n) is 3.99. The number of carboxylic acids is 1. The van der Waals surface area contributed by atoms with Gasteiger partial charge < -0.3 is 24.1 Å². The smallest absolute Gasteiger partial charge is 0.341 e. The van der Waals surface area contributed by atoms with Gasteiger partial charge >= 0.3 is 5.97 Å². The molecule has 0 aliphatic rings. The molecule has 0 spiro atoms. The van der Waals surface area contributed by atoms with E-state index in [-0.39, 0.29) is 6.61 Å². The topological polar surface area (TPSA) is 100 Å². The summed E-state index contributed by atoms with van der Waals surface area (Å²) in [6.07, 6.45) is 6.47. The van der Waals surface area contributed by atoms with E-state index in [1.165, 1.54) is 0 Å². The summed E-state index contributed by atoms with van der Waals surface area (Å²) in [6.45, 7) is 3.15. The van der Waals surface area contributed by atoms with Gasteiger partial charge in [-0.25, -0.2) is 4.79 Å². The summed E-state index contributed by atoms with van der Waals surface area (Å²) in [7, 11) is 0. The lowest BCUT2D eigenvalue weighted by Crippen LogP contribution is -2.09. The number of hydrogen-bond acceptors (Lipinski definition) is 4. The molecule has 0 atom stereocenters. The number of aromatic nitrogens is 2. The summed E-state index contributed by atoms with van der Waals surface area (Å²) in [5.74, 6) is 0.414. The van der Waals surface area contributed by atoms with Crippen molar-refractivity contribution in [2.45, 2.75) is 32.7 Å². The lowest BCUT2D eigenvalue weighted by molar-refractivity contribution is -0.139. The molecule has 0 bridgehead atoms. The Morgan fingerprint density at radius 2 is 2.09 bits per heavy atom. The van der Waals surface area contributed by atoms with Crippen molar-refractivity contribution >= 4 is 27.8 Å². The predicted octanol–water partition coefficient (Wildman–Crippen LogP) is 4.88. The van der Waals surface area contributed by atoms with Gasteiger partial charge in [-0.2, -0.15) is 5.26 Å². The minimum atomic E-state index is -0.995. The molecule has 0 aliphatic heterocycles. The average molecular weight is 431 g/mol. The third-order valence-corrected chi connectivity index (χ3v) is 5.45. The second kappa shape index (κ2) is 9.48. The van der Waals surface area contributed by atoms with Gasteiger partial charge in [0.05, 0.1) is 17.7 Å². The van der Waals surface area contributed by atoms with E-state index in [4.69, 9.17) is 14.6 Å². The molecule has 7 nitrogen and oxygen atoms in total. The summed E-state index contributed by atoms with van der Waals surface area (Å²) >= 11 is 0. The molecular weight excluding hydrogens is 406 g/mol. The highest BCUT2D eigenvalue weighted by Gasteiger charge is 2.13. The van der Waals surface area contributed by atoms with Crippen LogP contribution >= 0.6 is 0 Å². The molecule has 2 aromatic carbocycles. The number of aromatic amines is 1. The Morgan fingerprint density at radius 3 is 2.88 bits per heavy atom. The van der Waals surface area contributed by atoms with Gasteiger partial charge in [-0.3, -0.25) is 0 Å². The Kier molecular flexibility index (Phi) is 6.31. The first-order valence-electron chi connectivity index (χ1n) is 10.7. The highest BCUT2D eigenvalue weighted by atomic mass is 16.5. The number of H-pyrrole nitrogens is 1. The van der Waals surface area contributed by atoms with Crippen LogP contribution < -0.4 is 9.47 Å². The number of nitrogens with one attached hydrogen (secondary N) is 1. The van der Waals surface area contributed by atoms with Crippen LogP contribution in [-0.2, 0) is 17.8 Å². The number of benzene rings is 2. The maximum absolute atomic E-state index is 10.7. The number of nitriles is 1. The minimum Gasteiger partial charge on any atom is -0.493 e. The van der Waals surface area contributed by atoms with Crippen molar-refractivity contribution in [2.75, 3.05) is 13.2 Å². The van der Waals surface area contributed by atoms with Crippen molar-refractivity contribution in [2.24, 2.45) is 0 Å². The maximum Gasteiger partial charge on any atom is 0.341 e. The van der Waals surface area contributed by atoms with Crippen molar-refractivity contribution in [1.82, 2.24) is 9.55 Å². The number of aryl methyl sites for hydroxylation is 2. The summed E-state index contributed by atoms with van der Waals surface area (Å²) < 4.78 is 13.5.